The Hall–Kier alpha value is -12.5. The molecule has 12 heterocycles. The Balaban J connectivity index is 0.000000147. The molecule has 4 saturated heterocycles. The third-order valence-corrected chi connectivity index (χ3v) is 26.4. The molecule has 0 spiro atoms. The number of aryl methyl sites for hydroxylation is 9. The van der Waals surface area contributed by atoms with Crippen LogP contribution in [0, 0.1) is 85.7 Å². The van der Waals surface area contributed by atoms with Gasteiger partial charge in [-0.25, -0.2) is 41.9 Å². The summed E-state index contributed by atoms with van der Waals surface area (Å²) < 4.78 is 71.8. The first-order valence-corrected chi connectivity index (χ1v) is 47.4. The number of amides is 3. The van der Waals surface area contributed by atoms with Crippen molar-refractivity contribution >= 4 is 157 Å². The number of benzene rings is 4. The van der Waals surface area contributed by atoms with Crippen molar-refractivity contribution in [2.75, 3.05) is 115 Å². The zero-order valence-electron chi connectivity index (χ0n) is 78.9. The number of halogens is 9. The molecule has 17 rings (SSSR count). The normalized spacial score (nSPS) is 16.4. The van der Waals surface area contributed by atoms with Crippen molar-refractivity contribution in [3.05, 3.63) is 208 Å². The fourth-order valence-corrected chi connectivity index (χ4v) is 18.1. The second-order valence-corrected chi connectivity index (χ2v) is 37.6. The number of aromatic amines is 4. The Bertz CT molecular complexity index is 6290. The number of anilines is 16. The summed E-state index contributed by atoms with van der Waals surface area (Å²) in [6.07, 6.45) is 13.3. The Kier molecular flexibility index (Phi) is 33.4. The number of alkyl halides is 2. The first-order chi connectivity index (χ1) is 65.9. The molecule has 4 aromatic carbocycles. The number of H-pyrrole nitrogens is 4. The molecule has 3 atom stereocenters. The zero-order valence-corrected chi connectivity index (χ0v) is 81.9. The minimum absolute atomic E-state index is 0.0415. The Morgan fingerprint density at radius 1 is 0.420 bits per heavy atom. The van der Waals surface area contributed by atoms with Crippen LogP contribution < -0.4 is 59.3 Å². The number of aromatic nitrogens is 16. The summed E-state index contributed by atoms with van der Waals surface area (Å²) in [5, 5.41) is 56.6. The van der Waals surface area contributed by atoms with Gasteiger partial charge in [-0.05, 0) is 277 Å². The molecule has 4 aliphatic heterocycles. The van der Waals surface area contributed by atoms with Crippen LogP contribution in [0.4, 0.5) is 115 Å². The van der Waals surface area contributed by atoms with Gasteiger partial charge in [0.25, 0.3) is 5.92 Å². The summed E-state index contributed by atoms with van der Waals surface area (Å²) in [4.78, 5) is 78.2. The molecule has 0 radical (unpaired) electrons. The predicted molar refractivity (Wildman–Crippen MR) is 530 cm³/mol. The van der Waals surface area contributed by atoms with Gasteiger partial charge in [-0.15, -0.1) is 0 Å². The summed E-state index contributed by atoms with van der Waals surface area (Å²) in [5.74, 6) is 1.77. The molecule has 5 fully saturated rings. The van der Waals surface area contributed by atoms with Gasteiger partial charge in [0.2, 0.25) is 41.5 Å². The summed E-state index contributed by atoms with van der Waals surface area (Å²) >= 11 is 24.9. The number of primary amides is 1. The molecule has 34 nitrogen and oxygen atoms in total. The van der Waals surface area contributed by atoms with Crippen LogP contribution in [0.25, 0.3) is 0 Å². The third-order valence-electron chi connectivity index (χ3n) is 25.3. The molecule has 12 aromatic rings. The summed E-state index contributed by atoms with van der Waals surface area (Å²) in [6.45, 7) is 28.5. The van der Waals surface area contributed by atoms with Crippen LogP contribution >= 0.6 is 46.4 Å². The minimum atomic E-state index is -2.43. The van der Waals surface area contributed by atoms with Crippen molar-refractivity contribution in [1.82, 2.24) is 106 Å². The van der Waals surface area contributed by atoms with Gasteiger partial charge in [0.05, 0.1) is 53.9 Å². The van der Waals surface area contributed by atoms with E-state index >= 15 is 13.2 Å². The van der Waals surface area contributed by atoms with Crippen molar-refractivity contribution in [2.24, 2.45) is 17.4 Å². The number of nitrogens with two attached hydrogens (primary N) is 2. The number of hydrogen-bond acceptors (Lipinski definition) is 27. The minimum Gasteiger partial charge on any atom is -0.370 e. The van der Waals surface area contributed by atoms with Crippen molar-refractivity contribution in [1.29, 1.82) is 0 Å². The van der Waals surface area contributed by atoms with Crippen LogP contribution in [0.2, 0.25) is 20.1 Å². The average Bonchev–Trinajstić information content (AvgIpc) is 1.62. The van der Waals surface area contributed by atoms with E-state index in [1.54, 1.807) is 61.5 Å². The van der Waals surface area contributed by atoms with E-state index in [1.165, 1.54) is 29.7 Å². The highest BCUT2D eigenvalue weighted by Crippen LogP contribution is 2.50. The fraction of sp³-hybridized carbons (Fsp3) is 0.421. The highest BCUT2D eigenvalue weighted by atomic mass is 35.5. The van der Waals surface area contributed by atoms with Crippen LogP contribution in [-0.4, -0.2) is 208 Å². The number of rotatable bonds is 28. The maximum Gasteiger partial charge on any atom is 0.252 e. The van der Waals surface area contributed by atoms with Crippen LogP contribution in [-0.2, 0) is 14.4 Å². The van der Waals surface area contributed by atoms with Gasteiger partial charge in [0.15, 0.2) is 46.5 Å². The molecule has 17 N–H and O–H groups in total. The number of carbonyl (C=O) groups is 3. The first-order valence-electron chi connectivity index (χ1n) is 45.9. The summed E-state index contributed by atoms with van der Waals surface area (Å²) in [6, 6.07) is 21.0. The van der Waals surface area contributed by atoms with Crippen molar-refractivity contribution in [3.8, 4) is 0 Å². The molecule has 732 valence electrons. The number of piperidine rings is 4. The van der Waals surface area contributed by atoms with Gasteiger partial charge in [-0.3, -0.25) is 34.8 Å². The Morgan fingerprint density at radius 3 is 1.00 bits per heavy atom. The van der Waals surface area contributed by atoms with E-state index in [4.69, 9.17) is 57.9 Å². The van der Waals surface area contributed by atoms with Gasteiger partial charge in [-0.2, -0.15) is 40.3 Å². The van der Waals surface area contributed by atoms with E-state index in [0.29, 0.717) is 130 Å². The maximum absolute atomic E-state index is 15.1. The largest absolute Gasteiger partial charge is 0.370 e. The molecular weight excluding hydrogens is 1860 g/mol. The summed E-state index contributed by atoms with van der Waals surface area (Å²) in [5.41, 5.74) is 25.8. The lowest BCUT2D eigenvalue weighted by atomic mass is 9.85. The van der Waals surface area contributed by atoms with Gasteiger partial charge in [0, 0.05) is 111 Å². The smallest absolute Gasteiger partial charge is 0.252 e. The van der Waals surface area contributed by atoms with E-state index in [-0.39, 0.29) is 88.8 Å². The maximum atomic E-state index is 15.1. The highest BCUT2D eigenvalue weighted by Gasteiger charge is 2.57. The van der Waals surface area contributed by atoms with Crippen LogP contribution in [0.1, 0.15) is 175 Å². The monoisotopic (exact) mass is 1970 g/mol. The second-order valence-electron chi connectivity index (χ2n) is 36.0. The number of hydrogen-bond donors (Lipinski definition) is 15. The molecule has 3 amide bonds. The number of nitrogens with zero attached hydrogens (tertiary/aromatic N) is 16. The molecule has 1 saturated carbocycles. The van der Waals surface area contributed by atoms with Crippen molar-refractivity contribution in [2.45, 2.75) is 182 Å². The molecule has 138 heavy (non-hydrogen) atoms. The first kappa shape index (κ1) is 101. The van der Waals surface area contributed by atoms with E-state index in [2.05, 4.69) is 164 Å². The van der Waals surface area contributed by atoms with E-state index < -0.39 is 23.7 Å². The number of likely N-dealkylation sites (N-methyl/N-ethyl adjacent to an activating group) is 1. The molecular formula is C95H116Cl4F5N31O3. The van der Waals surface area contributed by atoms with Gasteiger partial charge < -0.3 is 78.9 Å². The van der Waals surface area contributed by atoms with Crippen molar-refractivity contribution in [3.63, 3.8) is 0 Å². The Morgan fingerprint density at radius 2 is 0.710 bits per heavy atom. The number of likely N-dealkylation sites (tertiary alicyclic amines) is 4. The Labute approximate surface area is 816 Å². The molecule has 3 unspecified atom stereocenters. The van der Waals surface area contributed by atoms with E-state index in [1.807, 2.05) is 84.6 Å². The quantitative estimate of drug-likeness (QED) is 0.0203. The lowest BCUT2D eigenvalue weighted by Crippen LogP contribution is -2.46. The number of carbonyl (C=O) groups excluding carboxylic acids is 3. The topological polar surface area (TPSA) is 442 Å². The van der Waals surface area contributed by atoms with Gasteiger partial charge in [-0.1, -0.05) is 52.5 Å². The molecule has 8 aromatic heterocycles. The molecule has 5 aliphatic rings. The molecule has 43 heteroatoms. The third kappa shape index (κ3) is 26.7. The SMILES string of the molecule is CNC(C)C(=O)N1CCC(c2cc(F)c(Nc3ncc(Cl)c(Nc4cc(C)[nH]n4)n3)cc2C)CC1.Cc1cc(Nc2nc(Nc3cc(C)c(C4CCN(C(=O)C(C)N)CC4)cc3F)ncc2Cl)n[nH]1.Cc1cc(Nc2nc(Nc3cc(C)c(C4CCN(CC5CC5(F)F)CC4)cc3C)ncc2Cl)n[nH]1.Cc1cc(Nc2nc(Nc3cc(C)c(C4CCN(CCC(N)=O)CC4)cc3F)ncc2Cl)n[nH]1. The van der Waals surface area contributed by atoms with Gasteiger partial charge in [0.1, 0.15) is 37.5 Å². The second kappa shape index (κ2) is 45.4. The molecule has 1 aliphatic carbocycles. The van der Waals surface area contributed by atoms with E-state index in [9.17, 15) is 23.2 Å². The average molecular weight is 1980 g/mol. The van der Waals surface area contributed by atoms with Gasteiger partial charge >= 0.3 is 0 Å². The molecule has 0 bridgehead atoms. The zero-order chi connectivity index (χ0) is 98.5. The van der Waals surface area contributed by atoms with Crippen LogP contribution in [0.15, 0.2) is 97.6 Å². The van der Waals surface area contributed by atoms with Crippen LogP contribution in [0.3, 0.4) is 0 Å². The van der Waals surface area contributed by atoms with Crippen LogP contribution in [0.5, 0.6) is 0 Å². The highest BCUT2D eigenvalue weighted by molar-refractivity contribution is 6.34. The lowest BCUT2D eigenvalue weighted by molar-refractivity contribution is -0.134. The van der Waals surface area contributed by atoms with Crippen molar-refractivity contribution < 1.29 is 36.3 Å². The fourth-order valence-electron chi connectivity index (χ4n) is 17.5. The number of nitrogens with one attached hydrogen (secondary N) is 13. The lowest BCUT2D eigenvalue weighted by Gasteiger charge is -2.34. The summed E-state index contributed by atoms with van der Waals surface area (Å²) in [7, 11) is 1.78. The standard InChI is InChI=1S/C25H30ClF2N7.C24H30ClFN8O.2C23H28ClFN8O/c1-14-9-21(30-24-29-12-20(26)23(32-24)31-22-10-16(3)33-34-22)15(2)8-19(14)17-4-6-35(7-5-17)13-18-11-25(18,27)28;1-13-9-20(29-24-28-12-18(25)22(31-24)30-21-10-14(2)32-33-21)19(26)11-17(13)16-5-7-34(8-6-16)23(35)15(3)27-4;1-12-8-19(18(25)10-16(12)15-4-6-33(7-5-15)22(34)14(3)26)28-23-27-11-17(24)21(30-23)29-20-9-13(2)31-32-20;1-13-9-19(18(25)11-16(13)15-3-6-33(7-4-15)8-5-20(26)34)28-23-27-12-17(24)22(30-23)29-21-10-14(2)31-32-21/h8-10,12,17-18H,4-7,11,13H2,1-3H3,(H3,29,30,31,32,33,34);9-12,15-16,27H,5-8H2,1-4H3,(H3,28,29,30,31,32,33);8-11,14-15H,4-7,26H2,1-3H3,(H3,27,28,29,30,31,32);9-12,15H,3-8H2,1-2H3,(H2,26,34)(H3,27,28,29,30,31,32). The van der Waals surface area contributed by atoms with E-state index in [0.717, 1.165) is 145 Å². The predicted octanol–water partition coefficient (Wildman–Crippen LogP) is 18.8.